The molecule has 0 bridgehead atoms. The number of methoxy groups -OCH3 is 1. The number of hydrogen-bond donors (Lipinski definition) is 2. The van der Waals surface area contributed by atoms with Gasteiger partial charge in [0.2, 0.25) is 0 Å². The number of carbonyl (C=O) groups is 1. The first kappa shape index (κ1) is 22.4. The lowest BCUT2D eigenvalue weighted by atomic mass is 9.99. The highest BCUT2D eigenvalue weighted by Gasteiger charge is 2.16. The zero-order chi connectivity index (χ0) is 23.2. The summed E-state index contributed by atoms with van der Waals surface area (Å²) in [4.78, 5) is 20.2. The lowest BCUT2D eigenvalue weighted by Gasteiger charge is -2.20. The number of aromatic nitrogens is 2. The summed E-state index contributed by atoms with van der Waals surface area (Å²) in [6.07, 6.45) is 3.77. The van der Waals surface area contributed by atoms with Crippen LogP contribution in [-0.4, -0.2) is 47.9 Å². The van der Waals surface area contributed by atoms with E-state index in [1.54, 1.807) is 19.2 Å². The fourth-order valence-electron chi connectivity index (χ4n) is 3.87. The third-order valence-corrected chi connectivity index (χ3v) is 5.46. The molecule has 0 spiro atoms. The number of aromatic carboxylic acids is 1. The second-order valence-electron chi connectivity index (χ2n) is 7.70. The van der Waals surface area contributed by atoms with Gasteiger partial charge in [0, 0.05) is 24.2 Å². The molecule has 33 heavy (non-hydrogen) atoms. The Kier molecular flexibility index (Phi) is 6.92. The number of carboxylic acids is 1. The molecule has 1 aliphatic heterocycles. The molecule has 0 saturated heterocycles. The van der Waals surface area contributed by atoms with E-state index in [2.05, 4.69) is 15.3 Å². The highest BCUT2D eigenvalue weighted by Crippen LogP contribution is 2.37. The summed E-state index contributed by atoms with van der Waals surface area (Å²) in [6, 6.07) is 11.0. The Morgan fingerprint density at radius 2 is 1.85 bits per heavy atom. The average Bonchev–Trinajstić information content (AvgIpc) is 2.83. The molecule has 8 heteroatoms. The van der Waals surface area contributed by atoms with Crippen LogP contribution in [0, 0.1) is 0 Å². The van der Waals surface area contributed by atoms with Crippen LogP contribution >= 0.6 is 0 Å². The predicted molar refractivity (Wildman–Crippen MR) is 125 cm³/mol. The SMILES string of the molecule is CCCc1cc(-c2cc(NCCc3cc4c(cc3OC)OCCO4)ncn2)ccc1C(=O)O. The molecule has 172 valence electrons. The van der Waals surface area contributed by atoms with Crippen molar-refractivity contribution in [1.29, 1.82) is 0 Å². The van der Waals surface area contributed by atoms with E-state index in [-0.39, 0.29) is 0 Å². The normalized spacial score (nSPS) is 12.3. The molecule has 0 aliphatic carbocycles. The van der Waals surface area contributed by atoms with Crippen LogP contribution < -0.4 is 19.5 Å². The number of aryl methyl sites for hydroxylation is 1. The Morgan fingerprint density at radius 3 is 2.58 bits per heavy atom. The van der Waals surface area contributed by atoms with Crippen LogP contribution in [0.15, 0.2) is 42.7 Å². The molecular formula is C25H27N3O5. The molecule has 3 aromatic rings. The molecular weight excluding hydrogens is 422 g/mol. The monoisotopic (exact) mass is 449 g/mol. The minimum Gasteiger partial charge on any atom is -0.496 e. The van der Waals surface area contributed by atoms with Gasteiger partial charge in [-0.1, -0.05) is 19.4 Å². The zero-order valence-corrected chi connectivity index (χ0v) is 18.8. The summed E-state index contributed by atoms with van der Waals surface area (Å²) in [7, 11) is 1.64. The van der Waals surface area contributed by atoms with Gasteiger partial charge in [-0.05, 0) is 42.2 Å². The highest BCUT2D eigenvalue weighted by atomic mass is 16.6. The lowest BCUT2D eigenvalue weighted by Crippen LogP contribution is -2.16. The van der Waals surface area contributed by atoms with Gasteiger partial charge in [-0.25, -0.2) is 14.8 Å². The van der Waals surface area contributed by atoms with Crippen LogP contribution in [0.3, 0.4) is 0 Å². The van der Waals surface area contributed by atoms with Gasteiger partial charge in [-0.2, -0.15) is 0 Å². The van der Waals surface area contributed by atoms with Crippen molar-refractivity contribution in [1.82, 2.24) is 9.97 Å². The van der Waals surface area contributed by atoms with Gasteiger partial charge in [0.25, 0.3) is 0 Å². The Labute approximate surface area is 192 Å². The van der Waals surface area contributed by atoms with Gasteiger partial charge >= 0.3 is 5.97 Å². The van der Waals surface area contributed by atoms with Crippen LogP contribution in [0.4, 0.5) is 5.82 Å². The smallest absolute Gasteiger partial charge is 0.335 e. The van der Waals surface area contributed by atoms with E-state index >= 15 is 0 Å². The standard InChI is InChI=1S/C25H27N3O5/c1-3-4-16-11-17(5-6-19(16)25(29)30)20-13-24(28-15-27-20)26-8-7-18-12-22-23(14-21(18)31-2)33-10-9-32-22/h5-6,11-15H,3-4,7-10H2,1-2H3,(H,29,30)(H,26,27,28). The van der Waals surface area contributed by atoms with Crippen molar-refractivity contribution >= 4 is 11.8 Å². The summed E-state index contributed by atoms with van der Waals surface area (Å²) < 4.78 is 16.8. The molecule has 0 fully saturated rings. The molecule has 0 radical (unpaired) electrons. The summed E-state index contributed by atoms with van der Waals surface area (Å²) in [5, 5.41) is 12.8. The molecule has 2 N–H and O–H groups in total. The number of carboxylic acid groups (broad SMARTS) is 1. The topological polar surface area (TPSA) is 103 Å². The van der Waals surface area contributed by atoms with E-state index in [4.69, 9.17) is 14.2 Å². The van der Waals surface area contributed by atoms with Gasteiger partial charge in [-0.15, -0.1) is 0 Å². The minimum absolute atomic E-state index is 0.335. The summed E-state index contributed by atoms with van der Waals surface area (Å²) in [6.45, 7) is 3.73. The predicted octanol–water partition coefficient (Wildman–Crippen LogP) is 4.23. The van der Waals surface area contributed by atoms with E-state index in [0.29, 0.717) is 49.7 Å². The van der Waals surface area contributed by atoms with Crippen LogP contribution in [0.1, 0.15) is 34.8 Å². The molecule has 1 aliphatic rings. The Bertz CT molecular complexity index is 1150. The van der Waals surface area contributed by atoms with Crippen molar-refractivity contribution in [3.05, 3.63) is 59.4 Å². The first-order valence-corrected chi connectivity index (χ1v) is 11.0. The molecule has 0 unspecified atom stereocenters. The number of nitrogens with one attached hydrogen (secondary N) is 1. The van der Waals surface area contributed by atoms with Crippen molar-refractivity contribution in [2.75, 3.05) is 32.2 Å². The second-order valence-corrected chi connectivity index (χ2v) is 7.70. The maximum Gasteiger partial charge on any atom is 0.335 e. The first-order valence-electron chi connectivity index (χ1n) is 11.0. The van der Waals surface area contributed by atoms with Gasteiger partial charge in [-0.3, -0.25) is 0 Å². The summed E-state index contributed by atoms with van der Waals surface area (Å²) >= 11 is 0. The highest BCUT2D eigenvalue weighted by molar-refractivity contribution is 5.90. The molecule has 8 nitrogen and oxygen atoms in total. The summed E-state index contributed by atoms with van der Waals surface area (Å²) in [5.74, 6) is 1.97. The molecule has 0 saturated carbocycles. The first-order chi connectivity index (χ1) is 16.1. The number of nitrogens with zero attached hydrogens (tertiary/aromatic N) is 2. The fourth-order valence-corrected chi connectivity index (χ4v) is 3.87. The van der Waals surface area contributed by atoms with E-state index < -0.39 is 5.97 Å². The van der Waals surface area contributed by atoms with Crippen LogP contribution in [0.25, 0.3) is 11.3 Å². The van der Waals surface area contributed by atoms with Gasteiger partial charge in [0.05, 0.1) is 18.4 Å². The van der Waals surface area contributed by atoms with E-state index in [1.807, 2.05) is 31.2 Å². The third-order valence-electron chi connectivity index (χ3n) is 5.46. The van der Waals surface area contributed by atoms with E-state index in [1.165, 1.54) is 6.33 Å². The van der Waals surface area contributed by atoms with Gasteiger partial charge < -0.3 is 24.6 Å². The Balaban J connectivity index is 1.47. The Hall–Kier alpha value is -3.81. The van der Waals surface area contributed by atoms with E-state index in [9.17, 15) is 9.90 Å². The molecule has 2 aromatic carbocycles. The number of hydrogen-bond acceptors (Lipinski definition) is 7. The molecule has 0 amide bonds. The average molecular weight is 450 g/mol. The minimum atomic E-state index is -0.912. The largest absolute Gasteiger partial charge is 0.496 e. The molecule has 2 heterocycles. The van der Waals surface area contributed by atoms with E-state index in [0.717, 1.165) is 40.3 Å². The number of anilines is 1. The fraction of sp³-hybridized carbons (Fsp3) is 0.320. The van der Waals surface area contributed by atoms with Crippen molar-refractivity contribution in [2.45, 2.75) is 26.2 Å². The molecule has 0 atom stereocenters. The quantitative estimate of drug-likeness (QED) is 0.500. The maximum atomic E-state index is 11.5. The Morgan fingerprint density at radius 1 is 1.06 bits per heavy atom. The van der Waals surface area contributed by atoms with Crippen molar-refractivity contribution in [3.63, 3.8) is 0 Å². The van der Waals surface area contributed by atoms with Gasteiger partial charge in [0.1, 0.15) is 31.1 Å². The number of fused-ring (bicyclic) bond motifs is 1. The van der Waals surface area contributed by atoms with Crippen LogP contribution in [0.5, 0.6) is 17.2 Å². The zero-order valence-electron chi connectivity index (χ0n) is 18.8. The van der Waals surface area contributed by atoms with Crippen molar-refractivity contribution in [3.8, 4) is 28.5 Å². The van der Waals surface area contributed by atoms with Crippen LogP contribution in [-0.2, 0) is 12.8 Å². The summed E-state index contributed by atoms with van der Waals surface area (Å²) in [5.41, 5.74) is 3.75. The maximum absolute atomic E-state index is 11.5. The van der Waals surface area contributed by atoms with Gasteiger partial charge in [0.15, 0.2) is 11.5 Å². The number of ether oxygens (including phenoxy) is 3. The molecule has 1 aromatic heterocycles. The lowest BCUT2D eigenvalue weighted by molar-refractivity contribution is 0.0695. The second kappa shape index (κ2) is 10.2. The van der Waals surface area contributed by atoms with Crippen molar-refractivity contribution in [2.24, 2.45) is 0 Å². The number of rotatable bonds is 9. The van der Waals surface area contributed by atoms with Crippen LogP contribution in [0.2, 0.25) is 0 Å². The van der Waals surface area contributed by atoms with Crippen molar-refractivity contribution < 1.29 is 24.1 Å². The molecule has 4 rings (SSSR count). The third kappa shape index (κ3) is 5.16. The number of benzene rings is 2.